The highest BCUT2D eigenvalue weighted by Crippen LogP contribution is 2.14. The fourth-order valence-electron chi connectivity index (χ4n) is 1.21. The minimum Gasteiger partial charge on any atom is -0.366 e. The molecule has 0 saturated heterocycles. The minimum atomic E-state index is -0.890. The Kier molecular flexibility index (Phi) is 4.17. The SMILES string of the molecule is CC[C@@H](N)C(=O)Nc1ccc(F)c(C(N)=O)c1. The Morgan fingerprint density at radius 2 is 2.12 bits per heavy atom. The van der Waals surface area contributed by atoms with Gasteiger partial charge in [-0.25, -0.2) is 4.39 Å². The molecule has 5 nitrogen and oxygen atoms in total. The Labute approximate surface area is 98.0 Å². The van der Waals surface area contributed by atoms with Gasteiger partial charge < -0.3 is 16.8 Å². The van der Waals surface area contributed by atoms with Crippen LogP contribution in [0.4, 0.5) is 10.1 Å². The van der Waals surface area contributed by atoms with Gasteiger partial charge in [-0.2, -0.15) is 0 Å². The van der Waals surface area contributed by atoms with Crippen molar-refractivity contribution < 1.29 is 14.0 Å². The number of carbonyl (C=O) groups is 2. The molecule has 92 valence electrons. The molecular formula is C11H14FN3O2. The molecule has 6 heteroatoms. The quantitative estimate of drug-likeness (QED) is 0.717. The molecule has 0 aliphatic carbocycles. The van der Waals surface area contributed by atoms with Gasteiger partial charge in [0.15, 0.2) is 0 Å². The molecule has 0 heterocycles. The maximum atomic E-state index is 13.1. The van der Waals surface area contributed by atoms with E-state index in [0.29, 0.717) is 6.42 Å². The van der Waals surface area contributed by atoms with Crippen LogP contribution < -0.4 is 16.8 Å². The van der Waals surface area contributed by atoms with E-state index in [1.54, 1.807) is 6.92 Å². The van der Waals surface area contributed by atoms with Crippen LogP contribution in [0, 0.1) is 5.82 Å². The van der Waals surface area contributed by atoms with Gasteiger partial charge in [-0.05, 0) is 24.6 Å². The molecule has 1 aromatic rings. The second-order valence-electron chi connectivity index (χ2n) is 3.56. The first-order valence-corrected chi connectivity index (χ1v) is 5.11. The maximum absolute atomic E-state index is 13.1. The average Bonchev–Trinajstić information content (AvgIpc) is 2.30. The number of anilines is 1. The summed E-state index contributed by atoms with van der Waals surface area (Å²) in [7, 11) is 0. The lowest BCUT2D eigenvalue weighted by atomic mass is 10.1. The van der Waals surface area contributed by atoms with Crippen LogP contribution in [-0.2, 0) is 4.79 Å². The van der Waals surface area contributed by atoms with Crippen LogP contribution in [0.5, 0.6) is 0 Å². The molecule has 17 heavy (non-hydrogen) atoms. The standard InChI is InChI=1S/C11H14FN3O2/c1-2-9(13)11(17)15-6-3-4-8(12)7(5-6)10(14)16/h3-5,9H,2,13H2,1H3,(H2,14,16)(H,15,17)/t9-/m1/s1. The Morgan fingerprint density at radius 1 is 1.47 bits per heavy atom. The highest BCUT2D eigenvalue weighted by atomic mass is 19.1. The van der Waals surface area contributed by atoms with Gasteiger partial charge in [0.05, 0.1) is 11.6 Å². The van der Waals surface area contributed by atoms with Crippen LogP contribution in [0.15, 0.2) is 18.2 Å². The van der Waals surface area contributed by atoms with Crippen molar-refractivity contribution in [2.75, 3.05) is 5.32 Å². The van der Waals surface area contributed by atoms with E-state index in [0.717, 1.165) is 6.07 Å². The van der Waals surface area contributed by atoms with E-state index in [2.05, 4.69) is 5.32 Å². The van der Waals surface area contributed by atoms with Crippen molar-refractivity contribution in [3.8, 4) is 0 Å². The predicted octanol–water partition coefficient (Wildman–Crippen LogP) is 0.600. The van der Waals surface area contributed by atoms with Crippen molar-refractivity contribution in [1.29, 1.82) is 0 Å². The zero-order valence-electron chi connectivity index (χ0n) is 9.37. The topological polar surface area (TPSA) is 98.2 Å². The molecule has 1 rings (SSSR count). The molecule has 0 unspecified atom stereocenters. The third-order valence-electron chi connectivity index (χ3n) is 2.28. The van der Waals surface area contributed by atoms with E-state index >= 15 is 0 Å². The van der Waals surface area contributed by atoms with Gasteiger partial charge in [-0.3, -0.25) is 9.59 Å². The maximum Gasteiger partial charge on any atom is 0.251 e. The number of nitrogens with two attached hydrogens (primary N) is 2. The first-order valence-electron chi connectivity index (χ1n) is 5.11. The van der Waals surface area contributed by atoms with Gasteiger partial charge in [0.1, 0.15) is 5.82 Å². The lowest BCUT2D eigenvalue weighted by molar-refractivity contribution is -0.117. The van der Waals surface area contributed by atoms with E-state index in [4.69, 9.17) is 11.5 Å². The van der Waals surface area contributed by atoms with E-state index in [1.165, 1.54) is 12.1 Å². The highest BCUT2D eigenvalue weighted by Gasteiger charge is 2.13. The molecule has 0 bridgehead atoms. The summed E-state index contributed by atoms with van der Waals surface area (Å²) < 4.78 is 13.1. The molecular weight excluding hydrogens is 225 g/mol. The Hall–Kier alpha value is -1.95. The van der Waals surface area contributed by atoms with E-state index < -0.39 is 23.7 Å². The molecule has 0 spiro atoms. The number of nitrogens with one attached hydrogen (secondary N) is 1. The van der Waals surface area contributed by atoms with Crippen molar-refractivity contribution in [1.82, 2.24) is 0 Å². The second-order valence-corrected chi connectivity index (χ2v) is 3.56. The zero-order valence-corrected chi connectivity index (χ0v) is 9.37. The van der Waals surface area contributed by atoms with Crippen molar-refractivity contribution >= 4 is 17.5 Å². The van der Waals surface area contributed by atoms with Crippen LogP contribution >= 0.6 is 0 Å². The van der Waals surface area contributed by atoms with E-state index in [-0.39, 0.29) is 11.3 Å². The van der Waals surface area contributed by atoms with Crippen molar-refractivity contribution in [2.45, 2.75) is 19.4 Å². The minimum absolute atomic E-state index is 0.270. The molecule has 0 aliphatic rings. The summed E-state index contributed by atoms with van der Waals surface area (Å²) in [5.41, 5.74) is 10.5. The molecule has 1 atom stereocenters. The molecule has 5 N–H and O–H groups in total. The fourth-order valence-corrected chi connectivity index (χ4v) is 1.21. The molecule has 2 amide bonds. The first-order chi connectivity index (χ1) is 7.95. The van der Waals surface area contributed by atoms with Crippen molar-refractivity contribution in [3.63, 3.8) is 0 Å². The van der Waals surface area contributed by atoms with Crippen LogP contribution in [0.25, 0.3) is 0 Å². The third kappa shape index (κ3) is 3.25. The van der Waals surface area contributed by atoms with Gasteiger partial charge in [0, 0.05) is 5.69 Å². The summed E-state index contributed by atoms with van der Waals surface area (Å²) in [6, 6.07) is 2.93. The van der Waals surface area contributed by atoms with Crippen LogP contribution in [0.1, 0.15) is 23.7 Å². The summed E-state index contributed by atoms with van der Waals surface area (Å²) in [5.74, 6) is -2.01. The molecule has 0 radical (unpaired) electrons. The summed E-state index contributed by atoms with van der Waals surface area (Å²) in [4.78, 5) is 22.4. The number of carbonyl (C=O) groups excluding carboxylic acids is 2. The number of rotatable bonds is 4. The lowest BCUT2D eigenvalue weighted by Gasteiger charge is -2.10. The molecule has 0 aromatic heterocycles. The summed E-state index contributed by atoms with van der Waals surface area (Å²) in [6.45, 7) is 1.77. The van der Waals surface area contributed by atoms with Gasteiger partial charge in [-0.1, -0.05) is 6.92 Å². The first kappa shape index (κ1) is 13.1. The lowest BCUT2D eigenvalue weighted by Crippen LogP contribution is -2.34. The monoisotopic (exact) mass is 239 g/mol. The number of primary amides is 1. The Morgan fingerprint density at radius 3 is 2.65 bits per heavy atom. The normalized spacial score (nSPS) is 11.9. The fraction of sp³-hybridized carbons (Fsp3) is 0.273. The Bertz CT molecular complexity index is 448. The largest absolute Gasteiger partial charge is 0.366 e. The Balaban J connectivity index is 2.90. The van der Waals surface area contributed by atoms with Crippen molar-refractivity contribution in [3.05, 3.63) is 29.6 Å². The summed E-state index contributed by atoms with van der Waals surface area (Å²) in [5, 5.41) is 2.48. The molecule has 0 saturated carbocycles. The van der Waals surface area contributed by atoms with Gasteiger partial charge >= 0.3 is 0 Å². The van der Waals surface area contributed by atoms with Gasteiger partial charge in [-0.15, -0.1) is 0 Å². The molecule has 0 aliphatic heterocycles. The van der Waals surface area contributed by atoms with E-state index in [9.17, 15) is 14.0 Å². The van der Waals surface area contributed by atoms with Gasteiger partial charge in [0.2, 0.25) is 5.91 Å². The van der Waals surface area contributed by atoms with E-state index in [1.807, 2.05) is 0 Å². The number of hydrogen-bond donors (Lipinski definition) is 3. The van der Waals surface area contributed by atoms with Gasteiger partial charge in [0.25, 0.3) is 5.91 Å². The number of halogens is 1. The third-order valence-corrected chi connectivity index (χ3v) is 2.28. The van der Waals surface area contributed by atoms with Crippen LogP contribution in [-0.4, -0.2) is 17.9 Å². The number of hydrogen-bond acceptors (Lipinski definition) is 3. The highest BCUT2D eigenvalue weighted by molar-refractivity contribution is 5.98. The molecule has 1 aromatic carbocycles. The summed E-state index contributed by atoms with van der Waals surface area (Å²) in [6.07, 6.45) is 0.482. The van der Waals surface area contributed by atoms with Crippen molar-refractivity contribution in [2.24, 2.45) is 11.5 Å². The summed E-state index contributed by atoms with van der Waals surface area (Å²) >= 11 is 0. The van der Waals surface area contributed by atoms with Crippen LogP contribution in [0.3, 0.4) is 0 Å². The number of amides is 2. The smallest absolute Gasteiger partial charge is 0.251 e. The van der Waals surface area contributed by atoms with Crippen LogP contribution in [0.2, 0.25) is 0 Å². The average molecular weight is 239 g/mol. The zero-order chi connectivity index (χ0) is 13.0. The number of benzene rings is 1. The molecule has 0 fully saturated rings. The second kappa shape index (κ2) is 5.40. The predicted molar refractivity (Wildman–Crippen MR) is 61.8 cm³/mol.